The van der Waals surface area contributed by atoms with Crippen molar-refractivity contribution in [3.05, 3.63) is 0 Å². The Kier molecular flexibility index (Phi) is 13.8. The molecule has 16 heavy (non-hydrogen) atoms. The highest BCUT2D eigenvalue weighted by Crippen LogP contribution is 2.01. The van der Waals surface area contributed by atoms with E-state index < -0.39 is 0 Å². The van der Waals surface area contributed by atoms with Crippen LogP contribution < -0.4 is 0 Å². The quantitative estimate of drug-likeness (QED) is 0.359. The van der Waals surface area contributed by atoms with Crippen molar-refractivity contribution in [2.75, 3.05) is 26.4 Å². The molecule has 0 atom stereocenters. The molecule has 0 radical (unpaired) electrons. The summed E-state index contributed by atoms with van der Waals surface area (Å²) in [4.78, 5) is 12.8. The third kappa shape index (κ3) is 9.89. The van der Waals surface area contributed by atoms with E-state index in [1.807, 2.05) is 0 Å². The minimum absolute atomic E-state index is 0. The highest BCUT2D eigenvalue weighted by molar-refractivity contribution is 5.71. The van der Waals surface area contributed by atoms with Crippen LogP contribution in [0.25, 0.3) is 0 Å². The first-order valence-corrected chi connectivity index (χ1v) is 5.73. The van der Waals surface area contributed by atoms with Crippen LogP contribution in [0.5, 0.6) is 0 Å². The first kappa shape index (κ1) is 17.7. The zero-order valence-corrected chi connectivity index (χ0v) is 10.4. The van der Waals surface area contributed by atoms with Gasteiger partial charge in [-0.1, -0.05) is 26.2 Å². The molecule has 0 amide bonds. The molecule has 3 N–H and O–H groups in total. The fourth-order valence-corrected chi connectivity index (χ4v) is 1.35. The standard InChI is InChI=1S/C11H23NO3.H2O/c1-3-5-6-7-8-12(10-13)9-11(14)15-4-2;/h13H,3-10H2,1-2H3;1H2. The Morgan fingerprint density at radius 3 is 2.44 bits per heavy atom. The van der Waals surface area contributed by atoms with Crippen LogP contribution in [0.15, 0.2) is 0 Å². The summed E-state index contributed by atoms with van der Waals surface area (Å²) in [5, 5.41) is 9.02. The summed E-state index contributed by atoms with van der Waals surface area (Å²) in [6.45, 7) is 5.20. The van der Waals surface area contributed by atoms with E-state index in [9.17, 15) is 4.79 Å². The van der Waals surface area contributed by atoms with Gasteiger partial charge < -0.3 is 15.3 Å². The SMILES string of the molecule is CCCCCCN(CO)CC(=O)OCC.O. The van der Waals surface area contributed by atoms with Gasteiger partial charge in [0.05, 0.1) is 19.9 Å². The lowest BCUT2D eigenvalue weighted by atomic mass is 10.2. The van der Waals surface area contributed by atoms with Crippen molar-refractivity contribution >= 4 is 5.97 Å². The smallest absolute Gasteiger partial charge is 0.320 e. The molecular formula is C11H25NO4. The Labute approximate surface area is 97.7 Å². The van der Waals surface area contributed by atoms with E-state index in [-0.39, 0.29) is 24.7 Å². The fourth-order valence-electron chi connectivity index (χ4n) is 1.35. The van der Waals surface area contributed by atoms with Crippen molar-refractivity contribution in [3.8, 4) is 0 Å². The van der Waals surface area contributed by atoms with Crippen molar-refractivity contribution in [3.63, 3.8) is 0 Å². The molecule has 0 saturated heterocycles. The molecule has 0 aromatic rings. The molecule has 0 aliphatic carbocycles. The summed E-state index contributed by atoms with van der Waals surface area (Å²) >= 11 is 0. The molecule has 0 heterocycles. The first-order chi connectivity index (χ1) is 7.24. The van der Waals surface area contributed by atoms with E-state index in [0.717, 1.165) is 19.4 Å². The zero-order valence-electron chi connectivity index (χ0n) is 10.4. The molecule has 0 unspecified atom stereocenters. The number of nitrogens with zero attached hydrogens (tertiary/aromatic N) is 1. The number of unbranched alkanes of at least 4 members (excludes halogenated alkanes) is 3. The fraction of sp³-hybridized carbons (Fsp3) is 0.909. The average molecular weight is 235 g/mol. The molecular weight excluding hydrogens is 210 g/mol. The summed E-state index contributed by atoms with van der Waals surface area (Å²) < 4.78 is 4.81. The predicted octanol–water partition coefficient (Wildman–Crippen LogP) is 0.557. The van der Waals surface area contributed by atoms with Crippen LogP contribution in [-0.4, -0.2) is 47.9 Å². The van der Waals surface area contributed by atoms with Crippen molar-refractivity contribution < 1.29 is 20.1 Å². The molecule has 0 aliphatic rings. The van der Waals surface area contributed by atoms with E-state index in [2.05, 4.69) is 6.92 Å². The van der Waals surface area contributed by atoms with Gasteiger partial charge in [0, 0.05) is 6.54 Å². The summed E-state index contributed by atoms with van der Waals surface area (Å²) in [6, 6.07) is 0. The second kappa shape index (κ2) is 12.4. The van der Waals surface area contributed by atoms with Gasteiger partial charge >= 0.3 is 5.97 Å². The van der Waals surface area contributed by atoms with Crippen molar-refractivity contribution in [1.82, 2.24) is 4.90 Å². The highest BCUT2D eigenvalue weighted by Gasteiger charge is 2.09. The van der Waals surface area contributed by atoms with Gasteiger partial charge in [-0.3, -0.25) is 9.69 Å². The molecule has 0 aliphatic heterocycles. The van der Waals surface area contributed by atoms with Gasteiger partial charge in [0.2, 0.25) is 0 Å². The minimum atomic E-state index is -0.262. The Balaban J connectivity index is 0. The van der Waals surface area contributed by atoms with E-state index in [1.54, 1.807) is 11.8 Å². The summed E-state index contributed by atoms with van der Waals surface area (Å²) in [5.74, 6) is -0.262. The third-order valence-corrected chi connectivity index (χ3v) is 2.19. The van der Waals surface area contributed by atoms with Crippen LogP contribution in [0.2, 0.25) is 0 Å². The van der Waals surface area contributed by atoms with Gasteiger partial charge in [-0.25, -0.2) is 0 Å². The molecule has 0 bridgehead atoms. The number of aliphatic hydroxyl groups is 1. The van der Waals surface area contributed by atoms with Crippen molar-refractivity contribution in [2.24, 2.45) is 0 Å². The van der Waals surface area contributed by atoms with Gasteiger partial charge in [-0.2, -0.15) is 0 Å². The Morgan fingerprint density at radius 2 is 1.94 bits per heavy atom. The molecule has 0 aromatic carbocycles. The number of hydrogen-bond acceptors (Lipinski definition) is 4. The largest absolute Gasteiger partial charge is 0.465 e. The average Bonchev–Trinajstić information content (AvgIpc) is 2.23. The second-order valence-corrected chi connectivity index (χ2v) is 3.56. The van der Waals surface area contributed by atoms with Gasteiger partial charge in [0.25, 0.3) is 0 Å². The van der Waals surface area contributed by atoms with Gasteiger partial charge in [-0.15, -0.1) is 0 Å². The molecule has 0 aromatic heterocycles. The first-order valence-electron chi connectivity index (χ1n) is 5.73. The van der Waals surface area contributed by atoms with Crippen molar-refractivity contribution in [1.29, 1.82) is 0 Å². The Hall–Kier alpha value is -0.650. The number of rotatable bonds is 9. The normalized spacial score (nSPS) is 10.0. The second-order valence-electron chi connectivity index (χ2n) is 3.56. The Bertz CT molecular complexity index is 164. The molecule has 5 heteroatoms. The number of esters is 1. The lowest BCUT2D eigenvalue weighted by Crippen LogP contribution is -2.32. The lowest BCUT2D eigenvalue weighted by molar-refractivity contribution is -0.145. The van der Waals surface area contributed by atoms with Crippen LogP contribution in [0, 0.1) is 0 Å². The van der Waals surface area contributed by atoms with E-state index in [4.69, 9.17) is 9.84 Å². The lowest BCUT2D eigenvalue weighted by Gasteiger charge is -2.17. The zero-order chi connectivity index (χ0) is 11.5. The van der Waals surface area contributed by atoms with Gasteiger partial charge in [0.15, 0.2) is 0 Å². The number of aliphatic hydroxyl groups excluding tert-OH is 1. The monoisotopic (exact) mass is 235 g/mol. The van der Waals surface area contributed by atoms with Gasteiger partial charge in [0.1, 0.15) is 0 Å². The third-order valence-electron chi connectivity index (χ3n) is 2.19. The van der Waals surface area contributed by atoms with E-state index in [0.29, 0.717) is 6.61 Å². The number of ether oxygens (including phenoxy) is 1. The van der Waals surface area contributed by atoms with Crippen LogP contribution in [0.1, 0.15) is 39.5 Å². The predicted molar refractivity (Wildman–Crippen MR) is 63.0 cm³/mol. The van der Waals surface area contributed by atoms with Crippen LogP contribution in [0.4, 0.5) is 0 Å². The summed E-state index contributed by atoms with van der Waals surface area (Å²) in [7, 11) is 0. The molecule has 0 rings (SSSR count). The number of hydrogen-bond donors (Lipinski definition) is 1. The molecule has 0 spiro atoms. The van der Waals surface area contributed by atoms with Crippen molar-refractivity contribution in [2.45, 2.75) is 39.5 Å². The molecule has 98 valence electrons. The molecule has 5 nitrogen and oxygen atoms in total. The van der Waals surface area contributed by atoms with E-state index >= 15 is 0 Å². The number of carbonyl (C=O) groups excluding carboxylic acids is 1. The molecule has 0 fully saturated rings. The highest BCUT2D eigenvalue weighted by atomic mass is 16.5. The molecule has 0 saturated carbocycles. The summed E-state index contributed by atoms with van der Waals surface area (Å²) in [5.41, 5.74) is 0. The maximum Gasteiger partial charge on any atom is 0.320 e. The number of carbonyl (C=O) groups is 1. The van der Waals surface area contributed by atoms with Crippen LogP contribution in [0.3, 0.4) is 0 Å². The maximum absolute atomic E-state index is 11.1. The van der Waals surface area contributed by atoms with Gasteiger partial charge in [-0.05, 0) is 13.3 Å². The topological polar surface area (TPSA) is 81.3 Å². The van der Waals surface area contributed by atoms with Crippen LogP contribution >= 0.6 is 0 Å². The van der Waals surface area contributed by atoms with Crippen LogP contribution in [-0.2, 0) is 9.53 Å². The Morgan fingerprint density at radius 1 is 1.25 bits per heavy atom. The maximum atomic E-state index is 11.1. The van der Waals surface area contributed by atoms with E-state index in [1.165, 1.54) is 12.8 Å². The minimum Gasteiger partial charge on any atom is -0.465 e. The summed E-state index contributed by atoms with van der Waals surface area (Å²) in [6.07, 6.45) is 4.57.